The van der Waals surface area contributed by atoms with Gasteiger partial charge in [0.1, 0.15) is 5.70 Å². The number of carbonyl (C=O) groups excluding carboxylic acids is 1. The summed E-state index contributed by atoms with van der Waals surface area (Å²) in [4.78, 5) is 22.0. The lowest BCUT2D eigenvalue weighted by molar-refractivity contribution is -0.116. The van der Waals surface area contributed by atoms with E-state index in [1.54, 1.807) is 17.3 Å². The Kier molecular flexibility index (Phi) is 4.07. The first-order valence-corrected chi connectivity index (χ1v) is 8.77. The van der Waals surface area contributed by atoms with Crippen LogP contribution in [0.25, 0.3) is 5.70 Å². The van der Waals surface area contributed by atoms with Crippen LogP contribution in [0.1, 0.15) is 11.9 Å². The second-order valence-electron chi connectivity index (χ2n) is 5.43. The standard InChI is InChI=1S/C18H15N5OS/c1-2-11-25-18-21-17(24)15-12-7-3-4-8-13(12)20-16(23(15)22-18)14-9-5-6-10-19-14/h2-10,16H,1,11H2,(H,21,22,24)/t16-/m1/s1. The lowest BCUT2D eigenvalue weighted by Crippen LogP contribution is -2.50. The van der Waals surface area contributed by atoms with Crippen molar-refractivity contribution >= 4 is 28.5 Å². The third-order valence-corrected chi connectivity index (χ3v) is 4.67. The number of benzene rings is 1. The highest BCUT2D eigenvalue weighted by Gasteiger charge is 2.34. The summed E-state index contributed by atoms with van der Waals surface area (Å²) in [5.41, 5.74) is 1.23. The van der Waals surface area contributed by atoms with Crippen molar-refractivity contribution in [1.29, 1.82) is 0 Å². The topological polar surface area (TPSA) is 70.0 Å². The van der Waals surface area contributed by atoms with Crippen LogP contribution in [-0.4, -0.2) is 26.8 Å². The lowest BCUT2D eigenvalue weighted by Gasteiger charge is -2.33. The van der Waals surface area contributed by atoms with Gasteiger partial charge in [-0.2, -0.15) is 0 Å². The number of hydrazone groups is 1. The van der Waals surface area contributed by atoms with Gasteiger partial charge >= 0.3 is 0 Å². The summed E-state index contributed by atoms with van der Waals surface area (Å²) in [6, 6.07) is 13.2. The van der Waals surface area contributed by atoms with E-state index in [1.807, 2.05) is 42.5 Å². The molecule has 0 unspecified atom stereocenters. The summed E-state index contributed by atoms with van der Waals surface area (Å²) in [5.74, 6) is 0.467. The first kappa shape index (κ1) is 15.6. The molecule has 1 aromatic carbocycles. The van der Waals surface area contributed by atoms with E-state index in [0.717, 1.165) is 16.3 Å². The number of thioether (sulfide) groups is 1. The van der Waals surface area contributed by atoms with E-state index in [0.29, 0.717) is 16.6 Å². The highest BCUT2D eigenvalue weighted by Crippen LogP contribution is 2.29. The molecule has 1 atom stereocenters. The molecule has 0 fully saturated rings. The fraction of sp³-hybridized carbons (Fsp3) is 0.111. The minimum atomic E-state index is -0.475. The average Bonchev–Trinajstić information content (AvgIpc) is 2.66. The van der Waals surface area contributed by atoms with Crippen molar-refractivity contribution in [2.75, 3.05) is 5.75 Å². The van der Waals surface area contributed by atoms with E-state index in [1.165, 1.54) is 11.8 Å². The predicted octanol–water partition coefficient (Wildman–Crippen LogP) is 1.14. The smallest absolute Gasteiger partial charge is 0.276 e. The maximum absolute atomic E-state index is 12.8. The van der Waals surface area contributed by atoms with Gasteiger partial charge in [-0.25, -0.2) is 5.01 Å². The van der Waals surface area contributed by atoms with Crippen molar-refractivity contribution in [2.45, 2.75) is 6.17 Å². The number of amides is 1. The Hall–Kier alpha value is -2.93. The van der Waals surface area contributed by atoms with E-state index < -0.39 is 6.17 Å². The molecule has 0 saturated heterocycles. The van der Waals surface area contributed by atoms with Crippen molar-refractivity contribution in [3.8, 4) is 0 Å². The van der Waals surface area contributed by atoms with Gasteiger partial charge in [-0.05, 0) is 18.2 Å². The number of nitrogens with zero attached hydrogens (tertiary/aromatic N) is 4. The first-order chi connectivity index (χ1) is 12.3. The second-order valence-corrected chi connectivity index (χ2v) is 6.44. The molecular formula is C18H15N5OS. The summed E-state index contributed by atoms with van der Waals surface area (Å²) in [7, 11) is 0. The summed E-state index contributed by atoms with van der Waals surface area (Å²) in [5, 5.41) is 11.2. The van der Waals surface area contributed by atoms with Crippen molar-refractivity contribution in [3.05, 3.63) is 77.6 Å². The van der Waals surface area contributed by atoms with E-state index in [4.69, 9.17) is 4.99 Å². The van der Waals surface area contributed by atoms with E-state index >= 15 is 0 Å². The quantitative estimate of drug-likeness (QED) is 0.844. The second kappa shape index (κ2) is 6.52. The van der Waals surface area contributed by atoms with E-state index in [-0.39, 0.29) is 5.91 Å². The highest BCUT2D eigenvalue weighted by atomic mass is 32.2. The zero-order chi connectivity index (χ0) is 17.2. The van der Waals surface area contributed by atoms with Crippen LogP contribution in [-0.2, 0) is 4.79 Å². The average molecular weight is 349 g/mol. The number of rotatable bonds is 3. The number of carbonyl (C=O) groups is 1. The Bertz CT molecular complexity index is 986. The van der Waals surface area contributed by atoms with Crippen LogP contribution < -0.4 is 15.9 Å². The van der Waals surface area contributed by atoms with Crippen molar-refractivity contribution in [3.63, 3.8) is 0 Å². The number of para-hydroxylation sites is 1. The molecule has 2 aromatic rings. The molecular weight excluding hydrogens is 334 g/mol. The zero-order valence-corrected chi connectivity index (χ0v) is 14.1. The van der Waals surface area contributed by atoms with Crippen LogP contribution in [0.15, 0.2) is 71.4 Å². The summed E-state index contributed by atoms with van der Waals surface area (Å²) in [6.07, 6.45) is 3.01. The number of hydrogen-bond acceptors (Lipinski definition) is 6. The Morgan fingerprint density at radius 1 is 1.24 bits per heavy atom. The minimum absolute atomic E-state index is 0.190. The predicted molar refractivity (Wildman–Crippen MR) is 97.7 cm³/mol. The molecule has 0 bridgehead atoms. The highest BCUT2D eigenvalue weighted by molar-refractivity contribution is 8.14. The van der Waals surface area contributed by atoms with Crippen LogP contribution in [0.3, 0.4) is 0 Å². The maximum Gasteiger partial charge on any atom is 0.276 e. The van der Waals surface area contributed by atoms with Gasteiger partial charge in [0.2, 0.25) is 0 Å². The van der Waals surface area contributed by atoms with Crippen LogP contribution in [0.5, 0.6) is 0 Å². The summed E-state index contributed by atoms with van der Waals surface area (Å²) < 4.78 is 0. The van der Waals surface area contributed by atoms with Crippen molar-refractivity contribution in [2.24, 2.45) is 10.1 Å². The van der Waals surface area contributed by atoms with Crippen molar-refractivity contribution < 1.29 is 4.79 Å². The lowest BCUT2D eigenvalue weighted by atomic mass is 10.1. The minimum Gasteiger partial charge on any atom is -0.298 e. The summed E-state index contributed by atoms with van der Waals surface area (Å²) in [6.45, 7) is 3.70. The van der Waals surface area contributed by atoms with E-state index in [2.05, 4.69) is 22.0 Å². The van der Waals surface area contributed by atoms with Gasteiger partial charge in [0, 0.05) is 17.2 Å². The molecule has 0 aliphatic carbocycles. The Morgan fingerprint density at radius 3 is 2.88 bits per heavy atom. The fourth-order valence-electron chi connectivity index (χ4n) is 2.75. The molecule has 0 radical (unpaired) electrons. The largest absolute Gasteiger partial charge is 0.298 e. The number of fused-ring (bicyclic) bond motifs is 2. The number of amidine groups is 1. The van der Waals surface area contributed by atoms with Gasteiger partial charge in [-0.1, -0.05) is 42.1 Å². The molecule has 1 aromatic heterocycles. The van der Waals surface area contributed by atoms with Gasteiger partial charge in [0.05, 0.1) is 11.1 Å². The van der Waals surface area contributed by atoms with Crippen molar-refractivity contribution in [1.82, 2.24) is 15.3 Å². The van der Waals surface area contributed by atoms with Gasteiger partial charge in [0.25, 0.3) is 5.91 Å². The molecule has 0 spiro atoms. The number of pyridine rings is 1. The third-order valence-electron chi connectivity index (χ3n) is 3.81. The molecule has 2 aliphatic heterocycles. The molecule has 0 saturated carbocycles. The normalized spacial score (nSPS) is 18.5. The Labute approximate surface area is 148 Å². The van der Waals surface area contributed by atoms with Crippen LogP contribution in [0.2, 0.25) is 0 Å². The van der Waals surface area contributed by atoms with Crippen LogP contribution >= 0.6 is 11.8 Å². The molecule has 1 amide bonds. The molecule has 4 rings (SSSR count). The van der Waals surface area contributed by atoms with Gasteiger partial charge in [-0.3, -0.25) is 20.1 Å². The van der Waals surface area contributed by atoms with Crippen LogP contribution in [0, 0.1) is 0 Å². The SMILES string of the molecule is C=CCSC1=NN2C(=c3ccccc3=N[C@H]2c2ccccn2)C(=O)N1. The third kappa shape index (κ3) is 2.83. The maximum atomic E-state index is 12.8. The Balaban J connectivity index is 1.91. The van der Waals surface area contributed by atoms with Gasteiger partial charge in [0.15, 0.2) is 11.3 Å². The molecule has 1 N–H and O–H groups in total. The molecule has 7 heteroatoms. The zero-order valence-electron chi connectivity index (χ0n) is 13.3. The molecule has 3 heterocycles. The number of nitrogens with one attached hydrogen (secondary N) is 1. The fourth-order valence-corrected chi connectivity index (χ4v) is 3.34. The molecule has 2 aliphatic rings. The summed E-state index contributed by atoms with van der Waals surface area (Å²) >= 11 is 1.42. The van der Waals surface area contributed by atoms with Gasteiger partial charge < -0.3 is 0 Å². The van der Waals surface area contributed by atoms with Crippen LogP contribution in [0.4, 0.5) is 0 Å². The number of aromatic nitrogens is 1. The molecule has 6 nitrogen and oxygen atoms in total. The van der Waals surface area contributed by atoms with E-state index in [9.17, 15) is 4.79 Å². The monoisotopic (exact) mass is 349 g/mol. The van der Waals surface area contributed by atoms with Gasteiger partial charge in [-0.15, -0.1) is 11.7 Å². The Morgan fingerprint density at radius 2 is 2.08 bits per heavy atom. The first-order valence-electron chi connectivity index (χ1n) is 7.79. The molecule has 25 heavy (non-hydrogen) atoms. The number of hydrogen-bond donors (Lipinski definition) is 1. The molecule has 124 valence electrons.